The number of nitrogens with one attached hydrogen (secondary N) is 1. The van der Waals surface area contributed by atoms with Crippen LogP contribution >= 0.6 is 0 Å². The van der Waals surface area contributed by atoms with E-state index in [2.05, 4.69) is 5.32 Å². The van der Waals surface area contributed by atoms with Gasteiger partial charge >= 0.3 is 0 Å². The SMILES string of the molecule is NC1(C(=O)Nc2ccc3c(ccn3CC(=O)N3CCOCC3)c2)CC1. The molecule has 7 nitrogen and oxygen atoms in total. The highest BCUT2D eigenvalue weighted by molar-refractivity contribution is 6.01. The maximum absolute atomic E-state index is 12.4. The molecule has 2 aromatic rings. The highest BCUT2D eigenvalue weighted by Crippen LogP contribution is 2.33. The number of morpholine rings is 1. The second-order valence-corrected chi connectivity index (χ2v) is 6.82. The number of anilines is 1. The first-order valence-electron chi connectivity index (χ1n) is 8.60. The van der Waals surface area contributed by atoms with Gasteiger partial charge in [-0.3, -0.25) is 9.59 Å². The van der Waals surface area contributed by atoms with E-state index >= 15 is 0 Å². The van der Waals surface area contributed by atoms with Gasteiger partial charge in [0.1, 0.15) is 6.54 Å². The number of carbonyl (C=O) groups is 2. The number of nitrogens with two attached hydrogens (primary N) is 1. The Bertz CT molecular complexity index is 819. The van der Waals surface area contributed by atoms with E-state index in [4.69, 9.17) is 10.5 Å². The van der Waals surface area contributed by atoms with Gasteiger partial charge in [0.15, 0.2) is 0 Å². The van der Waals surface area contributed by atoms with Gasteiger partial charge in [-0.25, -0.2) is 0 Å². The van der Waals surface area contributed by atoms with Crippen molar-refractivity contribution in [2.24, 2.45) is 5.73 Å². The number of aromatic nitrogens is 1. The fraction of sp³-hybridized carbons (Fsp3) is 0.444. The molecule has 0 spiro atoms. The van der Waals surface area contributed by atoms with Gasteiger partial charge in [0.25, 0.3) is 0 Å². The van der Waals surface area contributed by atoms with Crippen LogP contribution in [0.1, 0.15) is 12.8 Å². The normalized spacial score (nSPS) is 19.0. The second-order valence-electron chi connectivity index (χ2n) is 6.82. The predicted octanol–water partition coefficient (Wildman–Crippen LogP) is 0.930. The van der Waals surface area contributed by atoms with Gasteiger partial charge in [-0.1, -0.05) is 0 Å². The Balaban J connectivity index is 1.48. The summed E-state index contributed by atoms with van der Waals surface area (Å²) in [6, 6.07) is 7.64. The third kappa shape index (κ3) is 3.25. The van der Waals surface area contributed by atoms with Crippen molar-refractivity contribution < 1.29 is 14.3 Å². The van der Waals surface area contributed by atoms with Crippen LogP contribution in [0.4, 0.5) is 5.69 Å². The number of hydrogen-bond donors (Lipinski definition) is 2. The number of fused-ring (bicyclic) bond motifs is 1. The van der Waals surface area contributed by atoms with Crippen molar-refractivity contribution in [3.05, 3.63) is 30.5 Å². The van der Waals surface area contributed by atoms with Crippen molar-refractivity contribution >= 4 is 28.4 Å². The van der Waals surface area contributed by atoms with Gasteiger partial charge in [-0.2, -0.15) is 0 Å². The number of carbonyl (C=O) groups excluding carboxylic acids is 2. The van der Waals surface area contributed by atoms with Gasteiger partial charge in [-0.15, -0.1) is 0 Å². The molecule has 1 aromatic carbocycles. The number of hydrogen-bond acceptors (Lipinski definition) is 4. The predicted molar refractivity (Wildman–Crippen MR) is 94.1 cm³/mol. The van der Waals surface area contributed by atoms with E-state index in [1.807, 2.05) is 39.9 Å². The molecular weight excluding hydrogens is 320 g/mol. The molecule has 4 rings (SSSR count). The fourth-order valence-corrected chi connectivity index (χ4v) is 3.09. The molecule has 0 radical (unpaired) electrons. The molecule has 1 aliphatic heterocycles. The number of rotatable bonds is 4. The average molecular weight is 342 g/mol. The first-order valence-corrected chi connectivity index (χ1v) is 8.60. The Labute approximate surface area is 145 Å². The van der Waals surface area contributed by atoms with Crippen LogP contribution in [0.25, 0.3) is 10.9 Å². The lowest BCUT2D eigenvalue weighted by Gasteiger charge is -2.27. The van der Waals surface area contributed by atoms with Gasteiger partial charge in [0, 0.05) is 35.9 Å². The van der Waals surface area contributed by atoms with Gasteiger partial charge in [0.05, 0.1) is 18.8 Å². The first kappa shape index (κ1) is 16.1. The van der Waals surface area contributed by atoms with Crippen molar-refractivity contribution in [2.75, 3.05) is 31.6 Å². The molecule has 132 valence electrons. The van der Waals surface area contributed by atoms with E-state index in [1.54, 1.807) is 0 Å². The van der Waals surface area contributed by atoms with Crippen LogP contribution in [0.15, 0.2) is 30.5 Å². The molecule has 1 aromatic heterocycles. The molecule has 2 amide bonds. The Morgan fingerprint density at radius 2 is 1.96 bits per heavy atom. The van der Waals surface area contributed by atoms with Gasteiger partial charge < -0.3 is 25.3 Å². The lowest BCUT2D eigenvalue weighted by Crippen LogP contribution is -2.42. The lowest BCUT2D eigenvalue weighted by atomic mass is 10.2. The van der Waals surface area contributed by atoms with Crippen LogP contribution in [-0.4, -0.2) is 53.1 Å². The van der Waals surface area contributed by atoms with E-state index in [-0.39, 0.29) is 11.8 Å². The van der Waals surface area contributed by atoms with Crippen LogP contribution in [0.3, 0.4) is 0 Å². The Morgan fingerprint density at radius 1 is 1.20 bits per heavy atom. The average Bonchev–Trinajstić information content (AvgIpc) is 3.27. The minimum atomic E-state index is -0.689. The molecule has 2 heterocycles. The number of amides is 2. The smallest absolute Gasteiger partial charge is 0.244 e. The van der Waals surface area contributed by atoms with E-state index in [1.165, 1.54) is 0 Å². The summed E-state index contributed by atoms with van der Waals surface area (Å²) in [4.78, 5) is 26.3. The summed E-state index contributed by atoms with van der Waals surface area (Å²) < 4.78 is 7.22. The molecule has 1 saturated carbocycles. The first-order chi connectivity index (χ1) is 12.0. The molecule has 1 saturated heterocycles. The molecule has 0 atom stereocenters. The third-order valence-corrected chi connectivity index (χ3v) is 4.94. The van der Waals surface area contributed by atoms with Crippen LogP contribution in [0.5, 0.6) is 0 Å². The van der Waals surface area contributed by atoms with Crippen LogP contribution in [-0.2, 0) is 20.9 Å². The Morgan fingerprint density at radius 3 is 2.68 bits per heavy atom. The maximum Gasteiger partial charge on any atom is 0.244 e. The van der Waals surface area contributed by atoms with E-state index in [9.17, 15) is 9.59 Å². The van der Waals surface area contributed by atoms with Crippen LogP contribution in [0.2, 0.25) is 0 Å². The minimum Gasteiger partial charge on any atom is -0.378 e. The van der Waals surface area contributed by atoms with Crippen LogP contribution in [0, 0.1) is 0 Å². The molecule has 25 heavy (non-hydrogen) atoms. The molecule has 1 aliphatic carbocycles. The Kier molecular flexibility index (Phi) is 3.97. The topological polar surface area (TPSA) is 89.6 Å². The summed E-state index contributed by atoms with van der Waals surface area (Å²) in [6.45, 7) is 2.80. The minimum absolute atomic E-state index is 0.0944. The molecule has 0 unspecified atom stereocenters. The fourth-order valence-electron chi connectivity index (χ4n) is 3.09. The quantitative estimate of drug-likeness (QED) is 0.865. The standard InChI is InChI=1S/C18H22N4O3/c19-18(4-5-18)17(24)20-14-1-2-15-13(11-14)3-6-22(15)12-16(23)21-7-9-25-10-8-21/h1-3,6,11H,4-5,7-10,12,19H2,(H,20,24). The van der Waals surface area contributed by atoms with E-state index in [0.717, 1.165) is 29.4 Å². The molecule has 2 aliphatic rings. The summed E-state index contributed by atoms with van der Waals surface area (Å²) in [6.07, 6.45) is 3.38. The molecular formula is C18H22N4O3. The van der Waals surface area contributed by atoms with Crippen molar-refractivity contribution in [3.8, 4) is 0 Å². The zero-order chi connectivity index (χ0) is 17.4. The highest BCUT2D eigenvalue weighted by Gasteiger charge is 2.45. The number of ether oxygens (including phenoxy) is 1. The summed E-state index contributed by atoms with van der Waals surface area (Å²) in [5, 5.41) is 3.86. The molecule has 2 fully saturated rings. The van der Waals surface area contributed by atoms with Crippen LogP contribution < -0.4 is 11.1 Å². The van der Waals surface area contributed by atoms with Gasteiger partial charge in [0.2, 0.25) is 11.8 Å². The van der Waals surface area contributed by atoms with Crippen molar-refractivity contribution in [1.82, 2.24) is 9.47 Å². The second kappa shape index (κ2) is 6.16. The number of benzene rings is 1. The van der Waals surface area contributed by atoms with Crippen molar-refractivity contribution in [2.45, 2.75) is 24.9 Å². The lowest BCUT2D eigenvalue weighted by molar-refractivity contribution is -0.135. The largest absolute Gasteiger partial charge is 0.378 e. The molecule has 7 heteroatoms. The summed E-state index contributed by atoms with van der Waals surface area (Å²) >= 11 is 0. The van der Waals surface area contributed by atoms with Crippen molar-refractivity contribution in [1.29, 1.82) is 0 Å². The number of nitrogens with zero attached hydrogens (tertiary/aromatic N) is 2. The molecule has 3 N–H and O–H groups in total. The molecule has 0 bridgehead atoms. The summed E-state index contributed by atoms with van der Waals surface area (Å²) in [7, 11) is 0. The monoisotopic (exact) mass is 342 g/mol. The summed E-state index contributed by atoms with van der Waals surface area (Å²) in [5.41, 5.74) is 6.92. The van der Waals surface area contributed by atoms with Crippen molar-refractivity contribution in [3.63, 3.8) is 0 Å². The third-order valence-electron chi connectivity index (χ3n) is 4.94. The summed E-state index contributed by atoms with van der Waals surface area (Å²) in [5.74, 6) is -0.0363. The van der Waals surface area contributed by atoms with Gasteiger partial charge in [-0.05, 0) is 37.1 Å². The highest BCUT2D eigenvalue weighted by atomic mass is 16.5. The van der Waals surface area contributed by atoms with E-state index in [0.29, 0.717) is 32.8 Å². The van der Waals surface area contributed by atoms with E-state index < -0.39 is 5.54 Å². The maximum atomic E-state index is 12.4. The zero-order valence-corrected chi connectivity index (χ0v) is 14.0. The Hall–Kier alpha value is -2.38. The zero-order valence-electron chi connectivity index (χ0n) is 14.0.